The number of hydrogen-bond acceptors (Lipinski definition) is 2. The predicted molar refractivity (Wildman–Crippen MR) is 87.6 cm³/mol. The van der Waals surface area contributed by atoms with Crippen molar-refractivity contribution >= 4 is 28.4 Å². The summed E-state index contributed by atoms with van der Waals surface area (Å²) < 4.78 is 1.18. The number of nitrogens with zero attached hydrogens (tertiary/aromatic N) is 1. The van der Waals surface area contributed by atoms with E-state index in [1.54, 1.807) is 0 Å². The van der Waals surface area contributed by atoms with Gasteiger partial charge in [-0.3, -0.25) is 9.69 Å². The molecule has 1 fully saturated rings. The molecule has 0 aromatic heterocycles. The fourth-order valence-electron chi connectivity index (χ4n) is 2.77. The van der Waals surface area contributed by atoms with Crippen LogP contribution in [0, 0.1) is 9.49 Å². The minimum Gasteiger partial charge on any atom is -0.296 e. The Morgan fingerprint density at radius 1 is 1.26 bits per heavy atom. The molecule has 0 aliphatic carbocycles. The lowest BCUT2D eigenvalue weighted by atomic mass is 9.92. The summed E-state index contributed by atoms with van der Waals surface area (Å²) in [5, 5.41) is 0. The van der Waals surface area contributed by atoms with Crippen molar-refractivity contribution in [3.8, 4) is 0 Å². The average molecular weight is 371 g/mol. The Morgan fingerprint density at radius 3 is 2.47 bits per heavy atom. The van der Waals surface area contributed by atoms with Crippen molar-refractivity contribution in [2.24, 2.45) is 5.92 Å². The molecule has 1 aliphatic rings. The summed E-state index contributed by atoms with van der Waals surface area (Å²) in [6.07, 6.45) is 5.15. The van der Waals surface area contributed by atoms with Gasteiger partial charge in [-0.15, -0.1) is 0 Å². The normalized spacial score (nSPS) is 17.6. The number of piperidine rings is 1. The topological polar surface area (TPSA) is 20.3 Å². The van der Waals surface area contributed by atoms with E-state index in [0.29, 0.717) is 6.54 Å². The van der Waals surface area contributed by atoms with Crippen molar-refractivity contribution in [3.05, 3.63) is 33.4 Å². The van der Waals surface area contributed by atoms with Gasteiger partial charge in [-0.1, -0.05) is 31.9 Å². The molecule has 0 amide bonds. The summed E-state index contributed by atoms with van der Waals surface area (Å²) in [6.45, 7) is 5.01. The Kier molecular flexibility index (Phi) is 5.82. The molecule has 1 heterocycles. The predicted octanol–water partition coefficient (Wildman–Crippen LogP) is 3.99. The molecule has 0 bridgehead atoms. The number of hydrogen-bond donors (Lipinski definition) is 0. The van der Waals surface area contributed by atoms with Crippen molar-refractivity contribution in [1.29, 1.82) is 0 Å². The number of carbonyl (C=O) groups is 1. The molecule has 2 nitrogen and oxygen atoms in total. The highest BCUT2D eigenvalue weighted by Crippen LogP contribution is 2.21. The first-order valence-corrected chi connectivity index (χ1v) is 8.28. The van der Waals surface area contributed by atoms with Crippen LogP contribution in [0.15, 0.2) is 24.3 Å². The van der Waals surface area contributed by atoms with Gasteiger partial charge in [-0.2, -0.15) is 0 Å². The third kappa shape index (κ3) is 4.56. The van der Waals surface area contributed by atoms with Crippen molar-refractivity contribution < 1.29 is 4.79 Å². The quantitative estimate of drug-likeness (QED) is 0.576. The number of rotatable bonds is 5. The summed E-state index contributed by atoms with van der Waals surface area (Å²) in [5.41, 5.74) is 0.844. The van der Waals surface area contributed by atoms with Crippen molar-refractivity contribution in [2.45, 2.75) is 32.6 Å². The van der Waals surface area contributed by atoms with Gasteiger partial charge in [0.05, 0.1) is 6.54 Å². The molecule has 0 radical (unpaired) electrons. The molecule has 1 saturated heterocycles. The molecule has 0 saturated carbocycles. The van der Waals surface area contributed by atoms with E-state index >= 15 is 0 Å². The third-order valence-corrected chi connectivity index (χ3v) is 4.66. The molecule has 1 aromatic rings. The Bertz CT molecular complexity index is 407. The lowest BCUT2D eigenvalue weighted by Gasteiger charge is -2.31. The number of Topliss-reactive ketones (excluding diaryl/α,β-unsaturated/α-hetero) is 1. The van der Waals surface area contributed by atoms with E-state index < -0.39 is 0 Å². The van der Waals surface area contributed by atoms with E-state index in [2.05, 4.69) is 34.4 Å². The largest absolute Gasteiger partial charge is 0.296 e. The summed E-state index contributed by atoms with van der Waals surface area (Å²) in [4.78, 5) is 14.5. The van der Waals surface area contributed by atoms with Gasteiger partial charge in [0.1, 0.15) is 0 Å². The van der Waals surface area contributed by atoms with Gasteiger partial charge in [-0.25, -0.2) is 0 Å². The number of carbonyl (C=O) groups excluding carboxylic acids is 1. The van der Waals surface area contributed by atoms with Crippen LogP contribution in [0.3, 0.4) is 0 Å². The SMILES string of the molecule is CCCC1CCN(CC(=O)c2ccc(I)cc2)CC1. The van der Waals surface area contributed by atoms with E-state index in [0.717, 1.165) is 24.6 Å². The Balaban J connectivity index is 1.82. The van der Waals surface area contributed by atoms with Gasteiger partial charge in [0.2, 0.25) is 0 Å². The second kappa shape index (κ2) is 7.39. The van der Waals surface area contributed by atoms with Crippen LogP contribution < -0.4 is 0 Å². The van der Waals surface area contributed by atoms with Gasteiger partial charge in [0.25, 0.3) is 0 Å². The molecule has 1 aliphatic heterocycles. The molecule has 3 heteroatoms. The monoisotopic (exact) mass is 371 g/mol. The standard InChI is InChI=1S/C16H22INO/c1-2-3-13-8-10-18(11-9-13)12-16(19)14-4-6-15(17)7-5-14/h4-7,13H,2-3,8-12H2,1H3. The van der Waals surface area contributed by atoms with Gasteiger partial charge in [0, 0.05) is 9.13 Å². The minimum atomic E-state index is 0.255. The van der Waals surface area contributed by atoms with Gasteiger partial charge >= 0.3 is 0 Å². The first-order valence-electron chi connectivity index (χ1n) is 7.20. The maximum Gasteiger partial charge on any atom is 0.176 e. The lowest BCUT2D eigenvalue weighted by molar-refractivity contribution is 0.0893. The smallest absolute Gasteiger partial charge is 0.176 e. The molecule has 19 heavy (non-hydrogen) atoms. The zero-order valence-electron chi connectivity index (χ0n) is 11.6. The Morgan fingerprint density at radius 2 is 1.89 bits per heavy atom. The molecule has 2 rings (SSSR count). The molecule has 104 valence electrons. The van der Waals surface area contributed by atoms with Crippen LogP contribution in [0.5, 0.6) is 0 Å². The van der Waals surface area contributed by atoms with Crippen LogP contribution >= 0.6 is 22.6 Å². The summed E-state index contributed by atoms with van der Waals surface area (Å²) in [5.74, 6) is 1.14. The highest BCUT2D eigenvalue weighted by Gasteiger charge is 2.20. The van der Waals surface area contributed by atoms with Gasteiger partial charge in [-0.05, 0) is 66.6 Å². The number of benzene rings is 1. The average Bonchev–Trinajstić information content (AvgIpc) is 2.42. The van der Waals surface area contributed by atoms with Crippen LogP contribution in [-0.4, -0.2) is 30.3 Å². The second-order valence-corrected chi connectivity index (χ2v) is 6.68. The van der Waals surface area contributed by atoms with E-state index in [9.17, 15) is 4.79 Å². The zero-order valence-corrected chi connectivity index (χ0v) is 13.7. The summed E-state index contributed by atoms with van der Waals surface area (Å²) >= 11 is 2.26. The molecular formula is C16H22INO. The minimum absolute atomic E-state index is 0.255. The van der Waals surface area contributed by atoms with Crippen LogP contribution in [0.25, 0.3) is 0 Å². The molecular weight excluding hydrogens is 349 g/mol. The highest BCUT2D eigenvalue weighted by atomic mass is 127. The van der Waals surface area contributed by atoms with Crippen molar-refractivity contribution in [2.75, 3.05) is 19.6 Å². The van der Waals surface area contributed by atoms with Gasteiger partial charge < -0.3 is 0 Å². The van der Waals surface area contributed by atoms with E-state index in [1.807, 2.05) is 24.3 Å². The third-order valence-electron chi connectivity index (χ3n) is 3.94. The zero-order chi connectivity index (χ0) is 13.7. The van der Waals surface area contributed by atoms with Crippen LogP contribution in [0.2, 0.25) is 0 Å². The maximum atomic E-state index is 12.2. The second-order valence-electron chi connectivity index (χ2n) is 5.44. The summed E-state index contributed by atoms with van der Waals surface area (Å²) in [7, 11) is 0. The first-order chi connectivity index (χ1) is 9.19. The molecule has 0 N–H and O–H groups in total. The first kappa shape index (κ1) is 15.0. The lowest BCUT2D eigenvalue weighted by Crippen LogP contribution is -2.37. The molecule has 0 atom stereocenters. The fourth-order valence-corrected chi connectivity index (χ4v) is 3.13. The van der Waals surface area contributed by atoms with E-state index in [1.165, 1.54) is 29.3 Å². The number of ketones is 1. The van der Waals surface area contributed by atoms with Crippen LogP contribution in [0.4, 0.5) is 0 Å². The van der Waals surface area contributed by atoms with Crippen molar-refractivity contribution in [3.63, 3.8) is 0 Å². The van der Waals surface area contributed by atoms with Gasteiger partial charge in [0.15, 0.2) is 5.78 Å². The number of likely N-dealkylation sites (tertiary alicyclic amines) is 1. The van der Waals surface area contributed by atoms with Crippen LogP contribution in [0.1, 0.15) is 43.0 Å². The van der Waals surface area contributed by atoms with Crippen LogP contribution in [-0.2, 0) is 0 Å². The fraction of sp³-hybridized carbons (Fsp3) is 0.562. The molecule has 0 unspecified atom stereocenters. The van der Waals surface area contributed by atoms with E-state index in [-0.39, 0.29) is 5.78 Å². The Hall–Kier alpha value is -0.420. The molecule has 0 spiro atoms. The Labute approximate surface area is 129 Å². The number of halogens is 1. The highest BCUT2D eigenvalue weighted by molar-refractivity contribution is 14.1. The van der Waals surface area contributed by atoms with E-state index in [4.69, 9.17) is 0 Å². The summed E-state index contributed by atoms with van der Waals surface area (Å²) in [6, 6.07) is 7.88. The van der Waals surface area contributed by atoms with Crippen molar-refractivity contribution in [1.82, 2.24) is 4.90 Å². The molecule has 1 aromatic carbocycles. The maximum absolute atomic E-state index is 12.2.